The van der Waals surface area contributed by atoms with Crippen molar-refractivity contribution < 1.29 is 8.42 Å². The number of sulfonamides is 1. The van der Waals surface area contributed by atoms with Gasteiger partial charge in [0.1, 0.15) is 4.66 Å². The molecule has 0 saturated carbocycles. The van der Waals surface area contributed by atoms with E-state index in [0.717, 1.165) is 0 Å². The Balaban J connectivity index is 3.39. The SMILES string of the molecule is C#CCSCCNS(=O)(=O)CBr. The van der Waals surface area contributed by atoms with Gasteiger partial charge in [0.25, 0.3) is 0 Å². The van der Waals surface area contributed by atoms with E-state index in [1.165, 1.54) is 11.8 Å². The highest BCUT2D eigenvalue weighted by Crippen LogP contribution is 1.97. The van der Waals surface area contributed by atoms with Crippen molar-refractivity contribution in [1.29, 1.82) is 0 Å². The molecular weight excluding hydrogens is 262 g/mol. The highest BCUT2D eigenvalue weighted by Gasteiger charge is 2.04. The van der Waals surface area contributed by atoms with Gasteiger partial charge < -0.3 is 0 Å². The number of rotatable bonds is 6. The molecule has 0 rings (SSSR count). The Morgan fingerprint density at radius 1 is 1.58 bits per heavy atom. The molecule has 0 heterocycles. The van der Waals surface area contributed by atoms with Crippen molar-refractivity contribution in [3.05, 3.63) is 0 Å². The van der Waals surface area contributed by atoms with Crippen molar-refractivity contribution in [1.82, 2.24) is 4.72 Å². The number of hydrogen-bond donors (Lipinski definition) is 1. The van der Waals surface area contributed by atoms with Gasteiger partial charge in [-0.15, -0.1) is 18.2 Å². The quantitative estimate of drug-likeness (QED) is 0.438. The van der Waals surface area contributed by atoms with Crippen LogP contribution in [0.3, 0.4) is 0 Å². The molecule has 0 aromatic heterocycles. The lowest BCUT2D eigenvalue weighted by atomic mass is 10.8. The first-order valence-electron chi connectivity index (χ1n) is 3.17. The van der Waals surface area contributed by atoms with Crippen LogP contribution in [0.15, 0.2) is 0 Å². The van der Waals surface area contributed by atoms with Crippen LogP contribution in [0.2, 0.25) is 0 Å². The predicted octanol–water partition coefficient (Wildman–Crippen LogP) is 0.625. The second kappa shape index (κ2) is 6.78. The molecular formula is C6H10BrNO2S2. The van der Waals surface area contributed by atoms with Crippen LogP contribution < -0.4 is 4.72 Å². The number of alkyl halides is 1. The van der Waals surface area contributed by atoms with Crippen LogP contribution in [0, 0.1) is 12.3 Å². The Morgan fingerprint density at radius 2 is 2.25 bits per heavy atom. The fraction of sp³-hybridized carbons (Fsp3) is 0.667. The first-order valence-corrected chi connectivity index (χ1v) is 7.09. The van der Waals surface area contributed by atoms with E-state index in [2.05, 4.69) is 26.6 Å². The monoisotopic (exact) mass is 271 g/mol. The third kappa shape index (κ3) is 6.98. The average Bonchev–Trinajstić information content (AvgIpc) is 2.04. The summed E-state index contributed by atoms with van der Waals surface area (Å²) in [4.78, 5) is 0. The molecule has 12 heavy (non-hydrogen) atoms. The molecule has 0 atom stereocenters. The summed E-state index contributed by atoms with van der Waals surface area (Å²) < 4.78 is 24.0. The smallest absolute Gasteiger partial charge is 0.214 e. The van der Waals surface area contributed by atoms with E-state index in [4.69, 9.17) is 6.42 Å². The molecule has 0 bridgehead atoms. The highest BCUT2D eigenvalue weighted by atomic mass is 79.9. The van der Waals surface area contributed by atoms with Gasteiger partial charge in [-0.05, 0) is 0 Å². The van der Waals surface area contributed by atoms with Gasteiger partial charge in [0.2, 0.25) is 10.0 Å². The molecule has 0 unspecified atom stereocenters. The third-order valence-electron chi connectivity index (χ3n) is 0.897. The van der Waals surface area contributed by atoms with Crippen molar-refractivity contribution in [2.45, 2.75) is 0 Å². The molecule has 0 saturated heterocycles. The number of nitrogens with one attached hydrogen (secondary N) is 1. The fourth-order valence-corrected chi connectivity index (χ4v) is 2.05. The minimum atomic E-state index is -3.11. The van der Waals surface area contributed by atoms with Gasteiger partial charge in [-0.25, -0.2) is 13.1 Å². The van der Waals surface area contributed by atoms with E-state index >= 15 is 0 Å². The molecule has 6 heteroatoms. The number of hydrogen-bond acceptors (Lipinski definition) is 3. The Morgan fingerprint density at radius 3 is 2.75 bits per heavy atom. The average molecular weight is 272 g/mol. The molecule has 0 aliphatic carbocycles. The van der Waals surface area contributed by atoms with Gasteiger partial charge in [0, 0.05) is 12.3 Å². The van der Waals surface area contributed by atoms with Crippen molar-refractivity contribution in [3.8, 4) is 12.3 Å². The van der Waals surface area contributed by atoms with Gasteiger partial charge in [-0.3, -0.25) is 0 Å². The molecule has 0 aromatic carbocycles. The summed E-state index contributed by atoms with van der Waals surface area (Å²) >= 11 is 4.39. The largest absolute Gasteiger partial charge is 0.221 e. The highest BCUT2D eigenvalue weighted by molar-refractivity contribution is 9.10. The molecule has 0 aliphatic rings. The van der Waals surface area contributed by atoms with Crippen molar-refractivity contribution in [3.63, 3.8) is 0 Å². The Bertz CT molecular complexity index is 245. The molecule has 0 amide bonds. The van der Waals surface area contributed by atoms with Gasteiger partial charge in [-0.2, -0.15) is 0 Å². The first-order chi connectivity index (χ1) is 5.62. The fourth-order valence-electron chi connectivity index (χ4n) is 0.439. The maximum atomic E-state index is 10.8. The zero-order valence-electron chi connectivity index (χ0n) is 6.42. The van der Waals surface area contributed by atoms with Crippen LogP contribution in [-0.2, 0) is 10.0 Å². The van der Waals surface area contributed by atoms with Crippen molar-refractivity contribution >= 4 is 37.7 Å². The van der Waals surface area contributed by atoms with E-state index in [0.29, 0.717) is 18.1 Å². The molecule has 0 radical (unpaired) electrons. The summed E-state index contributed by atoms with van der Waals surface area (Å²) in [7, 11) is -3.11. The molecule has 1 N–H and O–H groups in total. The summed E-state index contributed by atoms with van der Waals surface area (Å²) in [6.45, 7) is 0.431. The van der Waals surface area contributed by atoms with Gasteiger partial charge in [0.05, 0.1) is 5.75 Å². The van der Waals surface area contributed by atoms with Crippen LogP contribution in [0.25, 0.3) is 0 Å². The molecule has 0 spiro atoms. The standard InChI is InChI=1S/C6H10BrNO2S2/c1-2-4-11-5-3-8-12(9,10)6-7/h1,8H,3-6H2. The van der Waals surface area contributed by atoms with Crippen LogP contribution >= 0.6 is 27.7 Å². The first kappa shape index (κ1) is 12.3. The van der Waals surface area contributed by atoms with E-state index in [-0.39, 0.29) is 4.66 Å². The maximum Gasteiger partial charge on any atom is 0.221 e. The second-order valence-corrected chi connectivity index (χ2v) is 6.09. The third-order valence-corrected chi connectivity index (χ3v) is 4.50. The van der Waals surface area contributed by atoms with Crippen LogP contribution in [0.5, 0.6) is 0 Å². The number of thioether (sulfide) groups is 1. The zero-order chi connectivity index (χ0) is 9.45. The summed E-state index contributed by atoms with van der Waals surface area (Å²) in [6.07, 6.45) is 5.01. The normalized spacial score (nSPS) is 11.0. The van der Waals surface area contributed by atoms with Crippen molar-refractivity contribution in [2.24, 2.45) is 0 Å². The van der Waals surface area contributed by atoms with Crippen molar-refractivity contribution in [2.75, 3.05) is 22.7 Å². The van der Waals surface area contributed by atoms with E-state index in [1.54, 1.807) is 0 Å². The minimum absolute atomic E-state index is 0.0557. The summed E-state index contributed by atoms with van der Waals surface area (Å²) in [5, 5.41) is 0. The van der Waals surface area contributed by atoms with Gasteiger partial charge in [0.15, 0.2) is 0 Å². The summed E-state index contributed by atoms with van der Waals surface area (Å²) in [5.41, 5.74) is 0. The topological polar surface area (TPSA) is 46.2 Å². The zero-order valence-corrected chi connectivity index (χ0v) is 9.64. The number of terminal acetylenes is 1. The molecule has 70 valence electrons. The maximum absolute atomic E-state index is 10.8. The van der Waals surface area contributed by atoms with Gasteiger partial charge >= 0.3 is 0 Å². The lowest BCUT2D eigenvalue weighted by molar-refractivity contribution is 0.589. The van der Waals surface area contributed by atoms with Gasteiger partial charge in [-0.1, -0.05) is 21.9 Å². The van der Waals surface area contributed by atoms with Crippen LogP contribution in [0.4, 0.5) is 0 Å². The Labute approximate surface area is 85.9 Å². The lowest BCUT2D eigenvalue weighted by Crippen LogP contribution is -2.26. The molecule has 0 aliphatic heterocycles. The Kier molecular flexibility index (Phi) is 6.95. The summed E-state index contributed by atoms with van der Waals surface area (Å²) in [5.74, 6) is 3.78. The van der Waals surface area contributed by atoms with E-state index in [9.17, 15) is 8.42 Å². The van der Waals surface area contributed by atoms with E-state index < -0.39 is 10.0 Å². The van der Waals surface area contributed by atoms with Crippen LogP contribution in [0.1, 0.15) is 0 Å². The minimum Gasteiger partial charge on any atom is -0.214 e. The second-order valence-electron chi connectivity index (χ2n) is 1.87. The molecule has 0 aromatic rings. The molecule has 3 nitrogen and oxygen atoms in total. The molecule has 0 fully saturated rings. The lowest BCUT2D eigenvalue weighted by Gasteiger charge is -2.01. The van der Waals surface area contributed by atoms with Crippen LogP contribution in [-0.4, -0.2) is 31.1 Å². The summed E-state index contributed by atoms with van der Waals surface area (Å²) in [6, 6.07) is 0. The number of halogens is 1. The predicted molar refractivity (Wildman–Crippen MR) is 56.9 cm³/mol. The van der Waals surface area contributed by atoms with E-state index in [1.807, 2.05) is 0 Å². The Hall–Kier alpha value is 0.300.